The van der Waals surface area contributed by atoms with Gasteiger partial charge in [-0.15, -0.1) is 0 Å². The second-order valence-corrected chi connectivity index (χ2v) is 8.66. The van der Waals surface area contributed by atoms with E-state index in [1.165, 1.54) is 0 Å². The number of aryl methyl sites for hydroxylation is 1. The topological polar surface area (TPSA) is 47.6 Å². The van der Waals surface area contributed by atoms with Crippen molar-refractivity contribution in [2.45, 2.75) is 33.3 Å². The third-order valence-corrected chi connectivity index (χ3v) is 5.18. The highest BCUT2D eigenvalue weighted by atomic mass is 79.9. The van der Waals surface area contributed by atoms with Crippen molar-refractivity contribution in [2.24, 2.45) is 5.16 Å². The monoisotopic (exact) mass is 436 g/mol. The first kappa shape index (κ1) is 18.7. The minimum atomic E-state index is -0.384. The number of fused-ring (bicyclic) bond motifs is 2. The lowest BCUT2D eigenvalue weighted by Gasteiger charge is -2.15. The molecule has 4 rings (SSSR count). The molecule has 0 N–H and O–H groups in total. The Kier molecular flexibility index (Phi) is 4.71. The summed E-state index contributed by atoms with van der Waals surface area (Å²) in [6.45, 7) is 7.95. The first-order valence-corrected chi connectivity index (χ1v) is 9.91. The Labute approximate surface area is 172 Å². The second-order valence-electron chi connectivity index (χ2n) is 7.81. The summed E-state index contributed by atoms with van der Waals surface area (Å²) in [5, 5.41) is 8.24. The van der Waals surface area contributed by atoms with E-state index in [1.54, 1.807) is 0 Å². The van der Waals surface area contributed by atoms with Gasteiger partial charge in [0.05, 0.1) is 0 Å². The normalized spacial score (nSPS) is 12.7. The molecule has 0 fully saturated rings. The Morgan fingerprint density at radius 2 is 1.79 bits per heavy atom. The van der Waals surface area contributed by atoms with E-state index in [0.29, 0.717) is 5.76 Å². The maximum absolute atomic E-state index is 6.20. The summed E-state index contributed by atoms with van der Waals surface area (Å²) in [6.07, 6.45) is 1.86. The van der Waals surface area contributed by atoms with Crippen LogP contribution < -0.4 is 5.36 Å². The van der Waals surface area contributed by atoms with E-state index in [-0.39, 0.29) is 5.60 Å². The largest absolute Gasteiger partial charge is 0.454 e. The van der Waals surface area contributed by atoms with E-state index >= 15 is 0 Å². The van der Waals surface area contributed by atoms with Crippen LogP contribution in [0, 0.1) is 6.92 Å². The van der Waals surface area contributed by atoms with E-state index in [4.69, 9.17) is 9.25 Å². The SMILES string of the molecule is Cc1cc2c(=NOC(C)(C)C)cc(-c3cc4ccccc4cn3)oc2cc1Br. The van der Waals surface area contributed by atoms with Gasteiger partial charge in [-0.1, -0.05) is 45.4 Å². The first-order valence-electron chi connectivity index (χ1n) is 9.11. The highest BCUT2D eigenvalue weighted by molar-refractivity contribution is 9.10. The smallest absolute Gasteiger partial charge is 0.155 e. The fourth-order valence-corrected chi connectivity index (χ4v) is 3.23. The zero-order valence-electron chi connectivity index (χ0n) is 16.3. The molecular formula is C23H21BrN2O2. The van der Waals surface area contributed by atoms with E-state index in [9.17, 15) is 0 Å². The zero-order valence-corrected chi connectivity index (χ0v) is 17.9. The van der Waals surface area contributed by atoms with Crippen LogP contribution in [-0.4, -0.2) is 10.6 Å². The van der Waals surface area contributed by atoms with Crippen LogP contribution in [0.3, 0.4) is 0 Å². The number of benzene rings is 2. The molecule has 0 aliphatic carbocycles. The molecule has 2 aromatic heterocycles. The number of rotatable bonds is 2. The van der Waals surface area contributed by atoms with E-state index in [1.807, 2.05) is 76.4 Å². The number of halogens is 1. The van der Waals surface area contributed by atoms with Crippen LogP contribution in [0.1, 0.15) is 26.3 Å². The van der Waals surface area contributed by atoms with Gasteiger partial charge in [0, 0.05) is 27.5 Å². The first-order chi connectivity index (χ1) is 13.3. The van der Waals surface area contributed by atoms with Gasteiger partial charge in [-0.05, 0) is 56.8 Å². The number of aromatic nitrogens is 1. The molecule has 142 valence electrons. The molecule has 0 unspecified atom stereocenters. The van der Waals surface area contributed by atoms with Gasteiger partial charge in [0.25, 0.3) is 0 Å². The van der Waals surface area contributed by atoms with E-state index < -0.39 is 0 Å². The van der Waals surface area contributed by atoms with Crippen LogP contribution in [0.2, 0.25) is 0 Å². The lowest BCUT2D eigenvalue weighted by molar-refractivity contribution is -0.00585. The summed E-state index contributed by atoms with van der Waals surface area (Å²) >= 11 is 3.59. The van der Waals surface area contributed by atoms with Crippen LogP contribution in [-0.2, 0) is 4.84 Å². The maximum atomic E-state index is 6.20. The molecule has 2 heterocycles. The number of pyridine rings is 1. The molecule has 0 saturated heterocycles. The third-order valence-electron chi connectivity index (χ3n) is 4.33. The van der Waals surface area contributed by atoms with Crippen LogP contribution >= 0.6 is 15.9 Å². The predicted molar refractivity (Wildman–Crippen MR) is 116 cm³/mol. The Balaban J connectivity index is 1.96. The summed E-state index contributed by atoms with van der Waals surface area (Å²) < 4.78 is 7.18. The molecule has 28 heavy (non-hydrogen) atoms. The molecule has 0 aliphatic rings. The molecule has 0 atom stereocenters. The summed E-state index contributed by atoms with van der Waals surface area (Å²) in [5.74, 6) is 0.644. The summed E-state index contributed by atoms with van der Waals surface area (Å²) in [7, 11) is 0. The van der Waals surface area contributed by atoms with Gasteiger partial charge in [-0.25, -0.2) is 0 Å². The lowest BCUT2D eigenvalue weighted by Crippen LogP contribution is -2.18. The number of nitrogens with zero attached hydrogens (tertiary/aromatic N) is 2. The van der Waals surface area contributed by atoms with Crippen molar-refractivity contribution in [3.63, 3.8) is 0 Å². The third kappa shape index (κ3) is 3.80. The molecule has 5 heteroatoms. The second kappa shape index (κ2) is 7.06. The van der Waals surface area contributed by atoms with Crippen molar-refractivity contribution in [1.82, 2.24) is 4.98 Å². The quantitative estimate of drug-likeness (QED) is 0.344. The van der Waals surface area contributed by atoms with Crippen molar-refractivity contribution >= 4 is 37.7 Å². The van der Waals surface area contributed by atoms with Crippen LogP contribution in [0.15, 0.2) is 68.8 Å². The Bertz CT molecular complexity index is 1250. The summed E-state index contributed by atoms with van der Waals surface area (Å²) in [5.41, 5.74) is 2.20. The molecule has 4 aromatic rings. The standard InChI is InChI=1S/C23H21BrN2O2/c1-14-9-17-19(26-28-23(2,3)4)12-22(27-21(17)11-18(14)24)20-10-15-7-5-6-8-16(15)13-25-20/h5-13H,1-4H3. The van der Waals surface area contributed by atoms with Crippen LogP contribution in [0.4, 0.5) is 0 Å². The molecule has 4 nitrogen and oxygen atoms in total. The highest BCUT2D eigenvalue weighted by Gasteiger charge is 2.13. The minimum Gasteiger partial charge on any atom is -0.454 e. The van der Waals surface area contributed by atoms with Crippen molar-refractivity contribution in [1.29, 1.82) is 0 Å². The Morgan fingerprint density at radius 1 is 1.04 bits per heavy atom. The van der Waals surface area contributed by atoms with Gasteiger partial charge in [0.2, 0.25) is 0 Å². The lowest BCUT2D eigenvalue weighted by atomic mass is 10.1. The van der Waals surface area contributed by atoms with Gasteiger partial charge in [0.1, 0.15) is 22.2 Å². The van der Waals surface area contributed by atoms with Crippen LogP contribution in [0.25, 0.3) is 33.2 Å². The van der Waals surface area contributed by atoms with Gasteiger partial charge in [-0.3, -0.25) is 4.98 Å². The van der Waals surface area contributed by atoms with Crippen molar-refractivity contribution in [3.8, 4) is 11.5 Å². The summed E-state index contributed by atoms with van der Waals surface area (Å²) in [6, 6.07) is 16.1. The maximum Gasteiger partial charge on any atom is 0.155 e. The summed E-state index contributed by atoms with van der Waals surface area (Å²) in [4.78, 5) is 10.3. The van der Waals surface area contributed by atoms with Gasteiger partial charge in [0.15, 0.2) is 5.76 Å². The van der Waals surface area contributed by atoms with Crippen molar-refractivity contribution in [3.05, 3.63) is 70.1 Å². The fraction of sp³-hybridized carbons (Fsp3) is 0.217. The predicted octanol–water partition coefficient (Wildman–Crippen LogP) is 6.35. The fourth-order valence-electron chi connectivity index (χ4n) is 2.90. The Morgan fingerprint density at radius 3 is 2.54 bits per heavy atom. The average Bonchev–Trinajstić information content (AvgIpc) is 2.66. The molecule has 0 bridgehead atoms. The highest BCUT2D eigenvalue weighted by Crippen LogP contribution is 2.27. The van der Waals surface area contributed by atoms with Gasteiger partial charge < -0.3 is 9.25 Å². The molecular weight excluding hydrogens is 416 g/mol. The van der Waals surface area contributed by atoms with Crippen LogP contribution in [0.5, 0.6) is 0 Å². The molecule has 2 aromatic carbocycles. The van der Waals surface area contributed by atoms with Crippen molar-refractivity contribution in [2.75, 3.05) is 0 Å². The minimum absolute atomic E-state index is 0.384. The van der Waals surface area contributed by atoms with Gasteiger partial charge in [-0.2, -0.15) is 0 Å². The molecule has 0 aliphatic heterocycles. The van der Waals surface area contributed by atoms with E-state index in [2.05, 4.69) is 32.1 Å². The zero-order chi connectivity index (χ0) is 19.9. The number of hydrogen-bond acceptors (Lipinski definition) is 4. The van der Waals surface area contributed by atoms with Gasteiger partial charge >= 0.3 is 0 Å². The van der Waals surface area contributed by atoms with Crippen molar-refractivity contribution < 1.29 is 9.25 Å². The molecule has 0 radical (unpaired) electrons. The molecule has 0 spiro atoms. The number of hydrogen-bond donors (Lipinski definition) is 0. The average molecular weight is 437 g/mol. The molecule has 0 amide bonds. The molecule has 0 saturated carbocycles. The van der Waals surface area contributed by atoms with E-state index in [0.717, 1.165) is 42.8 Å². The Hall–Kier alpha value is -2.66.